The molecule has 0 spiro atoms. The van der Waals surface area contributed by atoms with E-state index in [1.165, 1.54) is 0 Å². The Morgan fingerprint density at radius 2 is 2.21 bits per heavy atom. The van der Waals surface area contributed by atoms with Gasteiger partial charge in [-0.25, -0.2) is 0 Å². The van der Waals surface area contributed by atoms with E-state index in [4.69, 9.17) is 21.4 Å². The van der Waals surface area contributed by atoms with E-state index in [0.717, 1.165) is 16.9 Å². The van der Waals surface area contributed by atoms with Crippen molar-refractivity contribution in [3.63, 3.8) is 0 Å². The lowest BCUT2D eigenvalue weighted by Crippen LogP contribution is -2.25. The van der Waals surface area contributed by atoms with Crippen molar-refractivity contribution in [2.45, 2.75) is 18.7 Å². The Kier molecular flexibility index (Phi) is 6.12. The fourth-order valence-electron chi connectivity index (χ4n) is 1.85. The largest absolute Gasteiger partial charge is 0.496 e. The second-order valence-electron chi connectivity index (χ2n) is 4.60. The summed E-state index contributed by atoms with van der Waals surface area (Å²) in [4.78, 5) is 12.4. The third kappa shape index (κ3) is 5.09. The zero-order chi connectivity index (χ0) is 14.4. The number of ether oxygens (including phenoxy) is 1. The molecule has 0 saturated carbocycles. The molecule has 0 aliphatic heterocycles. The third-order valence-corrected chi connectivity index (χ3v) is 3.35. The third-order valence-electron chi connectivity index (χ3n) is 2.96. The van der Waals surface area contributed by atoms with Crippen LogP contribution in [0.4, 0.5) is 0 Å². The van der Waals surface area contributed by atoms with Gasteiger partial charge in [-0.1, -0.05) is 12.1 Å². The fraction of sp³-hybridized carbons (Fsp3) is 0.500. The Morgan fingerprint density at radius 3 is 2.74 bits per heavy atom. The van der Waals surface area contributed by atoms with Gasteiger partial charge >= 0.3 is 5.97 Å². The second kappa shape index (κ2) is 7.36. The summed E-state index contributed by atoms with van der Waals surface area (Å²) in [6.45, 7) is 3.08. The average Bonchev–Trinajstić information content (AvgIpc) is 2.36. The van der Waals surface area contributed by atoms with Gasteiger partial charge in [0.2, 0.25) is 0 Å². The normalized spacial score (nSPS) is 12.5. The number of rotatable bonds is 7. The summed E-state index contributed by atoms with van der Waals surface area (Å²) in [6.07, 6.45) is 0.127. The van der Waals surface area contributed by atoms with Crippen LogP contribution in [-0.2, 0) is 4.79 Å². The lowest BCUT2D eigenvalue weighted by molar-refractivity contribution is -0.137. The molecule has 0 aromatic heterocycles. The Hall–Kier alpha value is -1.26. The molecule has 0 heterocycles. The van der Waals surface area contributed by atoms with Gasteiger partial charge in [0.15, 0.2) is 0 Å². The van der Waals surface area contributed by atoms with E-state index in [1.807, 2.05) is 37.1 Å². The van der Waals surface area contributed by atoms with Crippen molar-refractivity contribution in [2.75, 3.05) is 27.2 Å². The number of aryl methyl sites for hydroxylation is 1. The number of hydrogen-bond donors (Lipinski definition) is 1. The molecule has 19 heavy (non-hydrogen) atoms. The molecule has 1 rings (SSSR count). The SMILES string of the molecule is COc1ccc(C(Cl)CN(C)CCC(=O)O)cc1C. The molecule has 0 saturated heterocycles. The molecule has 1 atom stereocenters. The lowest BCUT2D eigenvalue weighted by atomic mass is 10.1. The monoisotopic (exact) mass is 285 g/mol. The van der Waals surface area contributed by atoms with Crippen molar-refractivity contribution in [2.24, 2.45) is 0 Å². The van der Waals surface area contributed by atoms with Gasteiger partial charge in [-0.05, 0) is 31.2 Å². The molecule has 0 aliphatic carbocycles. The highest BCUT2D eigenvalue weighted by atomic mass is 35.5. The maximum atomic E-state index is 10.5. The Morgan fingerprint density at radius 1 is 1.53 bits per heavy atom. The number of carboxylic acid groups (broad SMARTS) is 1. The highest BCUT2D eigenvalue weighted by Crippen LogP contribution is 2.26. The molecule has 1 N–H and O–H groups in total. The molecule has 0 radical (unpaired) electrons. The summed E-state index contributed by atoms with van der Waals surface area (Å²) in [5.41, 5.74) is 2.06. The molecule has 5 heteroatoms. The van der Waals surface area contributed by atoms with Gasteiger partial charge in [-0.2, -0.15) is 0 Å². The van der Waals surface area contributed by atoms with Crippen molar-refractivity contribution in [1.82, 2.24) is 4.90 Å². The smallest absolute Gasteiger partial charge is 0.304 e. The summed E-state index contributed by atoms with van der Waals surface area (Å²) in [7, 11) is 3.51. The lowest BCUT2D eigenvalue weighted by Gasteiger charge is -2.20. The van der Waals surface area contributed by atoms with Gasteiger partial charge < -0.3 is 14.7 Å². The predicted octanol–water partition coefficient (Wildman–Crippen LogP) is 2.69. The number of hydrogen-bond acceptors (Lipinski definition) is 3. The first kappa shape index (κ1) is 15.8. The number of nitrogens with zero attached hydrogens (tertiary/aromatic N) is 1. The predicted molar refractivity (Wildman–Crippen MR) is 76.1 cm³/mol. The van der Waals surface area contributed by atoms with Crippen LogP contribution < -0.4 is 4.74 Å². The first-order valence-electron chi connectivity index (χ1n) is 6.13. The number of alkyl halides is 1. The molecule has 0 aliphatic rings. The van der Waals surface area contributed by atoms with E-state index >= 15 is 0 Å². The van der Waals surface area contributed by atoms with Crippen molar-refractivity contribution < 1.29 is 14.6 Å². The van der Waals surface area contributed by atoms with E-state index in [-0.39, 0.29) is 11.8 Å². The summed E-state index contributed by atoms with van der Waals surface area (Å²) < 4.78 is 5.21. The second-order valence-corrected chi connectivity index (χ2v) is 5.13. The summed E-state index contributed by atoms with van der Waals surface area (Å²) in [5, 5.41) is 8.47. The number of benzene rings is 1. The van der Waals surface area contributed by atoms with E-state index in [1.54, 1.807) is 7.11 Å². The van der Waals surface area contributed by atoms with Gasteiger partial charge in [-0.3, -0.25) is 4.79 Å². The highest BCUT2D eigenvalue weighted by molar-refractivity contribution is 6.21. The molecule has 1 aromatic rings. The Labute approximate surface area is 118 Å². The van der Waals surface area contributed by atoms with Crippen LogP contribution >= 0.6 is 11.6 Å². The highest BCUT2D eigenvalue weighted by Gasteiger charge is 2.13. The van der Waals surface area contributed by atoms with Gasteiger partial charge in [0.1, 0.15) is 5.75 Å². The maximum absolute atomic E-state index is 10.5. The summed E-state index contributed by atoms with van der Waals surface area (Å²) >= 11 is 6.35. The van der Waals surface area contributed by atoms with Crippen LogP contribution in [0, 0.1) is 6.92 Å². The van der Waals surface area contributed by atoms with Crippen LogP contribution in [0.3, 0.4) is 0 Å². The van der Waals surface area contributed by atoms with Crippen LogP contribution in [-0.4, -0.2) is 43.2 Å². The molecule has 0 fully saturated rings. The van der Waals surface area contributed by atoms with Crippen LogP contribution in [0.1, 0.15) is 22.9 Å². The average molecular weight is 286 g/mol. The number of aliphatic carboxylic acids is 1. The molecule has 4 nitrogen and oxygen atoms in total. The Balaban J connectivity index is 2.60. The molecule has 1 aromatic carbocycles. The summed E-state index contributed by atoms with van der Waals surface area (Å²) in [5.74, 6) is 0.0464. The Bertz CT molecular complexity index is 437. The van der Waals surface area contributed by atoms with Crippen LogP contribution in [0.5, 0.6) is 5.75 Å². The molecular weight excluding hydrogens is 266 g/mol. The number of methoxy groups -OCH3 is 1. The van der Waals surface area contributed by atoms with Crippen molar-refractivity contribution in [3.8, 4) is 5.75 Å². The first-order chi connectivity index (χ1) is 8.93. The maximum Gasteiger partial charge on any atom is 0.304 e. The van der Waals surface area contributed by atoms with E-state index in [2.05, 4.69) is 0 Å². The molecule has 0 bridgehead atoms. The minimum atomic E-state index is -0.793. The summed E-state index contributed by atoms with van der Waals surface area (Å²) in [6, 6.07) is 5.84. The quantitative estimate of drug-likeness (QED) is 0.783. The van der Waals surface area contributed by atoms with Crippen molar-refractivity contribution in [1.29, 1.82) is 0 Å². The minimum Gasteiger partial charge on any atom is -0.496 e. The minimum absolute atomic E-state index is 0.127. The molecule has 0 amide bonds. The topological polar surface area (TPSA) is 49.8 Å². The zero-order valence-electron chi connectivity index (χ0n) is 11.5. The van der Waals surface area contributed by atoms with Crippen molar-refractivity contribution in [3.05, 3.63) is 29.3 Å². The molecule has 106 valence electrons. The van der Waals surface area contributed by atoms with Gasteiger partial charge in [0.25, 0.3) is 0 Å². The van der Waals surface area contributed by atoms with Crippen molar-refractivity contribution >= 4 is 17.6 Å². The van der Waals surface area contributed by atoms with E-state index in [0.29, 0.717) is 13.1 Å². The van der Waals surface area contributed by atoms with E-state index in [9.17, 15) is 4.79 Å². The number of halogens is 1. The van der Waals surface area contributed by atoms with E-state index < -0.39 is 5.97 Å². The van der Waals surface area contributed by atoms with Crippen LogP contribution in [0.2, 0.25) is 0 Å². The first-order valence-corrected chi connectivity index (χ1v) is 6.56. The van der Waals surface area contributed by atoms with Gasteiger partial charge in [-0.15, -0.1) is 11.6 Å². The number of carboxylic acids is 1. The van der Waals surface area contributed by atoms with Crippen LogP contribution in [0.25, 0.3) is 0 Å². The van der Waals surface area contributed by atoms with Gasteiger partial charge in [0.05, 0.1) is 18.9 Å². The van der Waals surface area contributed by atoms with Gasteiger partial charge in [0, 0.05) is 13.1 Å². The number of carbonyl (C=O) groups is 1. The molecule has 1 unspecified atom stereocenters. The fourth-order valence-corrected chi connectivity index (χ4v) is 2.22. The standard InChI is InChI=1S/C14H20ClNO3/c1-10-8-11(4-5-13(10)19-3)12(15)9-16(2)7-6-14(17)18/h4-5,8,12H,6-7,9H2,1-3H3,(H,17,18). The number of likely N-dealkylation sites (N-methyl/N-ethyl adjacent to an activating group) is 1. The zero-order valence-corrected chi connectivity index (χ0v) is 12.3. The van der Waals surface area contributed by atoms with Crippen LogP contribution in [0.15, 0.2) is 18.2 Å². The molecular formula is C14H20ClNO3.